The Kier molecular flexibility index (Phi) is 3.80. The van der Waals surface area contributed by atoms with E-state index in [9.17, 15) is 0 Å². The van der Waals surface area contributed by atoms with Crippen LogP contribution in [0.5, 0.6) is 0 Å². The number of aryl methyl sites for hydroxylation is 2. The number of nitrogens with one attached hydrogen (secondary N) is 1. The fourth-order valence-electron chi connectivity index (χ4n) is 1.70. The lowest BCUT2D eigenvalue weighted by molar-refractivity contribution is 0.453. The third-order valence-electron chi connectivity index (χ3n) is 2.66. The molecule has 3 N–H and O–H groups in total. The smallest absolute Gasteiger partial charge is 0.216 e. The van der Waals surface area contributed by atoms with Crippen molar-refractivity contribution in [3.8, 4) is 0 Å². The molecule has 2 aromatic heterocycles. The monoisotopic (exact) mass is 276 g/mol. The number of pyridine rings is 1. The van der Waals surface area contributed by atoms with Crippen LogP contribution in [0.2, 0.25) is 0 Å². The normalized spacial score (nSPS) is 12.2. The molecule has 0 fully saturated rings. The number of anilines is 1. The molecule has 2 aromatic rings. The molecule has 0 spiro atoms. The van der Waals surface area contributed by atoms with Crippen LogP contribution in [0.3, 0.4) is 0 Å². The largest absolute Gasteiger partial charge is 0.444 e. The summed E-state index contributed by atoms with van der Waals surface area (Å²) in [5.74, 6) is 2.03. The quantitative estimate of drug-likeness (QED) is 0.835. The predicted octanol–water partition coefficient (Wildman–Crippen LogP) is 2.49. The molecule has 6 heteroatoms. The van der Waals surface area contributed by atoms with Crippen molar-refractivity contribution in [2.75, 3.05) is 5.32 Å². The minimum absolute atomic E-state index is 0.115. The Morgan fingerprint density at radius 2 is 2.16 bits per heavy atom. The lowest BCUT2D eigenvalue weighted by atomic mass is 10.2. The highest BCUT2D eigenvalue weighted by Crippen LogP contribution is 2.21. The van der Waals surface area contributed by atoms with Crippen molar-refractivity contribution in [2.24, 2.45) is 5.73 Å². The van der Waals surface area contributed by atoms with Crippen LogP contribution >= 0.6 is 12.2 Å². The Labute approximate surface area is 117 Å². The summed E-state index contributed by atoms with van der Waals surface area (Å²) in [6, 6.07) is 3.62. The molecule has 0 radical (unpaired) electrons. The molecule has 0 amide bonds. The van der Waals surface area contributed by atoms with Gasteiger partial charge in [0.05, 0.1) is 11.8 Å². The number of nitrogens with two attached hydrogens (primary N) is 1. The average molecular weight is 276 g/mol. The first kappa shape index (κ1) is 13.5. The van der Waals surface area contributed by atoms with Gasteiger partial charge in [-0.1, -0.05) is 12.2 Å². The van der Waals surface area contributed by atoms with Gasteiger partial charge >= 0.3 is 0 Å². The Morgan fingerprint density at radius 1 is 1.42 bits per heavy atom. The lowest BCUT2D eigenvalue weighted by Gasteiger charge is -2.14. The van der Waals surface area contributed by atoms with Crippen molar-refractivity contribution in [2.45, 2.75) is 26.8 Å². The fourth-order valence-corrected chi connectivity index (χ4v) is 1.87. The summed E-state index contributed by atoms with van der Waals surface area (Å²) >= 11 is 5.03. The van der Waals surface area contributed by atoms with Crippen LogP contribution in [-0.2, 0) is 0 Å². The first-order chi connectivity index (χ1) is 8.97. The van der Waals surface area contributed by atoms with E-state index in [2.05, 4.69) is 15.3 Å². The summed E-state index contributed by atoms with van der Waals surface area (Å²) in [7, 11) is 0. The molecule has 0 aromatic carbocycles. The Morgan fingerprint density at radius 3 is 2.74 bits per heavy atom. The number of nitrogens with zero attached hydrogens (tertiary/aromatic N) is 2. The number of oxazole rings is 1. The van der Waals surface area contributed by atoms with E-state index in [-0.39, 0.29) is 6.04 Å². The molecule has 0 bridgehead atoms. The third-order valence-corrected chi connectivity index (χ3v) is 2.88. The summed E-state index contributed by atoms with van der Waals surface area (Å²) < 4.78 is 5.48. The van der Waals surface area contributed by atoms with E-state index in [1.807, 2.05) is 32.9 Å². The van der Waals surface area contributed by atoms with Crippen molar-refractivity contribution < 1.29 is 4.42 Å². The average Bonchev–Trinajstić information content (AvgIpc) is 2.75. The molecule has 100 valence electrons. The standard InChI is InChI=1S/C13H16N4OS/c1-7-4-5-10(11(14)19)12(16-7)17-9(3)13-15-6-8(2)18-13/h4-6,9H,1-3H3,(H2,14,19)(H,16,17). The Hall–Kier alpha value is -1.95. The number of hydrogen-bond donors (Lipinski definition) is 2. The third kappa shape index (κ3) is 3.08. The van der Waals surface area contributed by atoms with E-state index in [0.29, 0.717) is 16.7 Å². The topological polar surface area (TPSA) is 77.0 Å². The van der Waals surface area contributed by atoms with E-state index < -0.39 is 0 Å². The molecular weight excluding hydrogens is 260 g/mol. The van der Waals surface area contributed by atoms with Gasteiger partial charge in [-0.05, 0) is 32.9 Å². The minimum Gasteiger partial charge on any atom is -0.444 e. The number of aromatic nitrogens is 2. The molecular formula is C13H16N4OS. The zero-order chi connectivity index (χ0) is 14.0. The van der Waals surface area contributed by atoms with Gasteiger partial charge in [0.25, 0.3) is 0 Å². The van der Waals surface area contributed by atoms with Gasteiger partial charge < -0.3 is 15.5 Å². The van der Waals surface area contributed by atoms with Crippen LogP contribution in [0.25, 0.3) is 0 Å². The molecule has 1 unspecified atom stereocenters. The molecule has 1 atom stereocenters. The molecule has 0 aliphatic heterocycles. The second-order valence-electron chi connectivity index (χ2n) is 4.39. The van der Waals surface area contributed by atoms with E-state index in [4.69, 9.17) is 22.4 Å². The molecule has 0 saturated heterocycles. The zero-order valence-corrected chi connectivity index (χ0v) is 11.9. The lowest BCUT2D eigenvalue weighted by Crippen LogP contribution is -2.16. The van der Waals surface area contributed by atoms with Gasteiger partial charge in [0.2, 0.25) is 5.89 Å². The molecule has 2 heterocycles. The van der Waals surface area contributed by atoms with Crippen molar-refractivity contribution in [3.05, 3.63) is 41.2 Å². The maximum absolute atomic E-state index is 5.70. The summed E-state index contributed by atoms with van der Waals surface area (Å²) in [5.41, 5.74) is 7.30. The maximum atomic E-state index is 5.70. The van der Waals surface area contributed by atoms with Crippen molar-refractivity contribution in [1.29, 1.82) is 0 Å². The van der Waals surface area contributed by atoms with Gasteiger partial charge in [-0.15, -0.1) is 0 Å². The van der Waals surface area contributed by atoms with Crippen LogP contribution in [0.4, 0.5) is 5.82 Å². The van der Waals surface area contributed by atoms with Gasteiger partial charge in [0.1, 0.15) is 22.6 Å². The second kappa shape index (κ2) is 5.36. The van der Waals surface area contributed by atoms with Crippen LogP contribution in [0.15, 0.2) is 22.7 Å². The van der Waals surface area contributed by atoms with Gasteiger partial charge in [-0.3, -0.25) is 0 Å². The van der Waals surface area contributed by atoms with Crippen LogP contribution < -0.4 is 11.1 Å². The Balaban J connectivity index is 2.27. The highest BCUT2D eigenvalue weighted by atomic mass is 32.1. The molecule has 0 aliphatic rings. The van der Waals surface area contributed by atoms with Crippen molar-refractivity contribution in [1.82, 2.24) is 9.97 Å². The van der Waals surface area contributed by atoms with E-state index >= 15 is 0 Å². The molecule has 0 saturated carbocycles. The van der Waals surface area contributed by atoms with E-state index in [0.717, 1.165) is 17.0 Å². The highest BCUT2D eigenvalue weighted by molar-refractivity contribution is 7.80. The number of hydrogen-bond acceptors (Lipinski definition) is 5. The number of rotatable bonds is 4. The highest BCUT2D eigenvalue weighted by Gasteiger charge is 2.15. The van der Waals surface area contributed by atoms with E-state index in [1.165, 1.54) is 0 Å². The molecule has 5 nitrogen and oxygen atoms in total. The zero-order valence-electron chi connectivity index (χ0n) is 11.1. The van der Waals surface area contributed by atoms with Gasteiger partial charge in [0.15, 0.2) is 0 Å². The van der Waals surface area contributed by atoms with Crippen molar-refractivity contribution >= 4 is 23.0 Å². The van der Waals surface area contributed by atoms with Crippen LogP contribution in [-0.4, -0.2) is 15.0 Å². The summed E-state index contributed by atoms with van der Waals surface area (Å²) in [4.78, 5) is 8.92. The van der Waals surface area contributed by atoms with Gasteiger partial charge in [0, 0.05) is 5.69 Å². The SMILES string of the molecule is Cc1ccc(C(N)=S)c(NC(C)c2ncc(C)o2)n1. The van der Waals surface area contributed by atoms with Crippen LogP contribution in [0.1, 0.15) is 35.9 Å². The van der Waals surface area contributed by atoms with E-state index in [1.54, 1.807) is 6.20 Å². The van der Waals surface area contributed by atoms with Crippen molar-refractivity contribution in [3.63, 3.8) is 0 Å². The summed E-state index contributed by atoms with van der Waals surface area (Å²) in [6.07, 6.45) is 1.69. The Bertz CT molecular complexity index is 608. The molecule has 19 heavy (non-hydrogen) atoms. The second-order valence-corrected chi connectivity index (χ2v) is 4.83. The first-order valence-corrected chi connectivity index (χ1v) is 6.34. The predicted molar refractivity (Wildman–Crippen MR) is 78.1 cm³/mol. The van der Waals surface area contributed by atoms with Gasteiger partial charge in [-0.2, -0.15) is 0 Å². The van der Waals surface area contributed by atoms with Crippen LogP contribution in [0, 0.1) is 13.8 Å². The summed E-state index contributed by atoms with van der Waals surface area (Å²) in [6.45, 7) is 5.71. The fraction of sp³-hybridized carbons (Fsp3) is 0.308. The molecule has 2 rings (SSSR count). The first-order valence-electron chi connectivity index (χ1n) is 5.93. The summed E-state index contributed by atoms with van der Waals surface area (Å²) in [5, 5.41) is 3.23. The molecule has 0 aliphatic carbocycles. The minimum atomic E-state index is -0.115. The number of thiocarbonyl (C=S) groups is 1. The van der Waals surface area contributed by atoms with Gasteiger partial charge in [-0.25, -0.2) is 9.97 Å². The maximum Gasteiger partial charge on any atom is 0.216 e.